The van der Waals surface area contributed by atoms with Gasteiger partial charge in [-0.15, -0.1) is 0 Å². The number of likely N-dealkylation sites (N-methyl/N-ethyl adjacent to an activating group) is 1. The molecule has 0 fully saturated rings. The van der Waals surface area contributed by atoms with Gasteiger partial charge in [0.2, 0.25) is 0 Å². The largest absolute Gasteiger partial charge is 0.423 e. The molecule has 3 aromatic carbocycles. The molecule has 1 aliphatic rings. The Kier molecular flexibility index (Phi) is 6.66. The number of nitrogens with zero attached hydrogens (tertiary/aromatic N) is 1. The molecule has 1 atom stereocenters. The van der Waals surface area contributed by atoms with Gasteiger partial charge in [-0.3, -0.25) is 4.79 Å². The van der Waals surface area contributed by atoms with Crippen molar-refractivity contribution in [3.05, 3.63) is 101 Å². The second-order valence-corrected chi connectivity index (χ2v) is 7.90. The zero-order valence-electron chi connectivity index (χ0n) is 18.5. The summed E-state index contributed by atoms with van der Waals surface area (Å²) >= 11 is 0. The lowest BCUT2D eigenvalue weighted by Crippen LogP contribution is -2.42. The van der Waals surface area contributed by atoms with Crippen molar-refractivity contribution in [1.82, 2.24) is 10.2 Å². The number of carbonyl (C=O) groups is 2. The number of carbonyl (C=O) groups excluding carboxylic acids is 2. The van der Waals surface area contributed by atoms with Crippen molar-refractivity contribution in [3.63, 3.8) is 0 Å². The minimum Gasteiger partial charge on any atom is -0.423 e. The molecule has 1 N–H and O–H groups in total. The highest BCUT2D eigenvalue weighted by molar-refractivity contribution is 5.94. The van der Waals surface area contributed by atoms with Crippen LogP contribution >= 0.6 is 0 Å². The number of hydrogen-bond acceptors (Lipinski definition) is 4. The molecule has 0 spiro atoms. The number of benzene rings is 3. The molecule has 4 rings (SSSR count). The zero-order valence-corrected chi connectivity index (χ0v) is 18.5. The molecule has 0 bridgehead atoms. The van der Waals surface area contributed by atoms with Crippen LogP contribution in [0, 0.1) is 0 Å². The Morgan fingerprint density at radius 1 is 0.969 bits per heavy atom. The fourth-order valence-electron chi connectivity index (χ4n) is 4.15. The first kappa shape index (κ1) is 21.8. The minimum atomic E-state index is -0.373. The van der Waals surface area contributed by atoms with E-state index in [0.717, 1.165) is 17.5 Å². The normalized spacial score (nSPS) is 15.0. The first-order valence-corrected chi connectivity index (χ1v) is 11.1. The van der Waals surface area contributed by atoms with Gasteiger partial charge in [0, 0.05) is 25.2 Å². The monoisotopic (exact) mass is 428 g/mol. The number of aryl methyl sites for hydroxylation is 1. The molecule has 1 unspecified atom stereocenters. The van der Waals surface area contributed by atoms with Crippen molar-refractivity contribution in [1.29, 1.82) is 0 Å². The van der Waals surface area contributed by atoms with Gasteiger partial charge < -0.3 is 15.0 Å². The fourth-order valence-corrected chi connectivity index (χ4v) is 4.15. The maximum atomic E-state index is 13.1. The lowest BCUT2D eigenvalue weighted by molar-refractivity contribution is 0.0678. The van der Waals surface area contributed by atoms with Crippen molar-refractivity contribution in [2.24, 2.45) is 0 Å². The standard InChI is InChI=1S/C27H28N2O3/c1-3-19-10-12-21(13-11-19)27(31)32-23-14-15-24-22(16-23)17-28-18-25(24)29(4-2)26(30)20-8-6-5-7-9-20/h5-16,25,28H,3-4,17-18H2,1-2H3. The maximum absolute atomic E-state index is 13.1. The molecule has 32 heavy (non-hydrogen) atoms. The Balaban J connectivity index is 1.54. The predicted molar refractivity (Wildman–Crippen MR) is 125 cm³/mol. The van der Waals surface area contributed by atoms with Crippen LogP contribution in [0.4, 0.5) is 0 Å². The number of amides is 1. The van der Waals surface area contributed by atoms with Gasteiger partial charge in [-0.25, -0.2) is 4.79 Å². The van der Waals surface area contributed by atoms with Crippen LogP contribution in [0.1, 0.15) is 57.3 Å². The third-order valence-corrected chi connectivity index (χ3v) is 5.93. The van der Waals surface area contributed by atoms with E-state index in [2.05, 4.69) is 12.2 Å². The molecule has 5 nitrogen and oxygen atoms in total. The Bertz CT molecular complexity index is 1090. The lowest BCUT2D eigenvalue weighted by atomic mass is 9.94. The summed E-state index contributed by atoms with van der Waals surface area (Å²) in [7, 11) is 0. The summed E-state index contributed by atoms with van der Waals surface area (Å²) < 4.78 is 5.63. The van der Waals surface area contributed by atoms with Crippen LogP contribution < -0.4 is 10.1 Å². The van der Waals surface area contributed by atoms with E-state index in [9.17, 15) is 9.59 Å². The van der Waals surface area contributed by atoms with Crippen LogP contribution in [0.5, 0.6) is 5.75 Å². The summed E-state index contributed by atoms with van der Waals surface area (Å²) in [6.07, 6.45) is 0.926. The number of esters is 1. The SMILES string of the molecule is CCc1ccc(C(=O)Oc2ccc3c(c2)CNCC3N(CC)C(=O)c2ccccc2)cc1. The molecular weight excluding hydrogens is 400 g/mol. The highest BCUT2D eigenvalue weighted by Crippen LogP contribution is 2.31. The fraction of sp³-hybridized carbons (Fsp3) is 0.259. The topological polar surface area (TPSA) is 58.6 Å². The van der Waals surface area contributed by atoms with E-state index in [1.807, 2.05) is 72.5 Å². The molecule has 164 valence electrons. The van der Waals surface area contributed by atoms with E-state index in [1.165, 1.54) is 5.56 Å². The Labute approximate surface area is 189 Å². The van der Waals surface area contributed by atoms with Crippen molar-refractivity contribution in [2.75, 3.05) is 13.1 Å². The van der Waals surface area contributed by atoms with Crippen LogP contribution in [0.15, 0.2) is 72.8 Å². The molecule has 1 amide bonds. The van der Waals surface area contributed by atoms with Crippen LogP contribution in [-0.2, 0) is 13.0 Å². The van der Waals surface area contributed by atoms with E-state index in [4.69, 9.17) is 4.74 Å². The van der Waals surface area contributed by atoms with Gasteiger partial charge in [0.05, 0.1) is 11.6 Å². The smallest absolute Gasteiger partial charge is 0.343 e. The Morgan fingerprint density at radius 3 is 2.41 bits per heavy atom. The molecule has 3 aromatic rings. The van der Waals surface area contributed by atoms with Gasteiger partial charge in [-0.2, -0.15) is 0 Å². The van der Waals surface area contributed by atoms with Gasteiger partial charge in [0.15, 0.2) is 0 Å². The molecule has 0 aromatic heterocycles. The van der Waals surface area contributed by atoms with Gasteiger partial charge >= 0.3 is 5.97 Å². The lowest BCUT2D eigenvalue weighted by Gasteiger charge is -2.36. The number of nitrogens with one attached hydrogen (secondary N) is 1. The molecule has 1 aliphatic heterocycles. The molecule has 0 radical (unpaired) electrons. The van der Waals surface area contributed by atoms with E-state index < -0.39 is 0 Å². The van der Waals surface area contributed by atoms with Gasteiger partial charge in [-0.1, -0.05) is 43.3 Å². The van der Waals surface area contributed by atoms with Crippen LogP contribution in [0.25, 0.3) is 0 Å². The Morgan fingerprint density at radius 2 is 1.72 bits per heavy atom. The van der Waals surface area contributed by atoms with E-state index in [1.54, 1.807) is 12.1 Å². The number of rotatable bonds is 6. The van der Waals surface area contributed by atoms with Crippen LogP contribution in [0.3, 0.4) is 0 Å². The van der Waals surface area contributed by atoms with Crippen molar-refractivity contribution >= 4 is 11.9 Å². The summed E-state index contributed by atoms with van der Waals surface area (Å²) in [5.74, 6) is 0.148. The first-order valence-electron chi connectivity index (χ1n) is 11.1. The molecule has 5 heteroatoms. The summed E-state index contributed by atoms with van der Waals surface area (Å²) in [5.41, 5.74) is 4.51. The van der Waals surface area contributed by atoms with E-state index >= 15 is 0 Å². The van der Waals surface area contributed by atoms with Gasteiger partial charge in [0.25, 0.3) is 5.91 Å². The number of hydrogen-bond donors (Lipinski definition) is 1. The predicted octanol–water partition coefficient (Wildman–Crippen LogP) is 4.77. The Hall–Kier alpha value is -3.44. The van der Waals surface area contributed by atoms with Crippen LogP contribution in [0.2, 0.25) is 0 Å². The number of fused-ring (bicyclic) bond motifs is 1. The molecule has 1 heterocycles. The highest BCUT2D eigenvalue weighted by atomic mass is 16.5. The van der Waals surface area contributed by atoms with Crippen LogP contribution in [-0.4, -0.2) is 29.9 Å². The quantitative estimate of drug-likeness (QED) is 0.454. The zero-order chi connectivity index (χ0) is 22.5. The van der Waals surface area contributed by atoms with E-state index in [0.29, 0.717) is 36.5 Å². The second-order valence-electron chi connectivity index (χ2n) is 7.90. The van der Waals surface area contributed by atoms with Crippen molar-refractivity contribution in [3.8, 4) is 5.75 Å². The number of ether oxygens (including phenoxy) is 1. The summed E-state index contributed by atoms with van der Waals surface area (Å²) in [6, 6.07) is 22.5. The highest BCUT2D eigenvalue weighted by Gasteiger charge is 2.29. The van der Waals surface area contributed by atoms with E-state index in [-0.39, 0.29) is 17.9 Å². The summed E-state index contributed by atoms with van der Waals surface area (Å²) in [4.78, 5) is 27.6. The maximum Gasteiger partial charge on any atom is 0.343 e. The molecule has 0 saturated carbocycles. The summed E-state index contributed by atoms with van der Waals surface area (Å²) in [5, 5.41) is 3.40. The average Bonchev–Trinajstić information content (AvgIpc) is 2.85. The summed E-state index contributed by atoms with van der Waals surface area (Å²) in [6.45, 7) is 6.02. The third-order valence-electron chi connectivity index (χ3n) is 5.93. The van der Waals surface area contributed by atoms with Crippen molar-refractivity contribution in [2.45, 2.75) is 32.9 Å². The third kappa shape index (κ3) is 4.58. The molecular formula is C27H28N2O3. The van der Waals surface area contributed by atoms with Gasteiger partial charge in [-0.05, 0) is 66.4 Å². The first-order chi connectivity index (χ1) is 15.6. The average molecular weight is 429 g/mol. The van der Waals surface area contributed by atoms with Gasteiger partial charge in [0.1, 0.15) is 5.75 Å². The second kappa shape index (κ2) is 9.79. The minimum absolute atomic E-state index is 0.0128. The van der Waals surface area contributed by atoms with Crippen molar-refractivity contribution < 1.29 is 14.3 Å². The molecule has 0 saturated heterocycles. The molecule has 0 aliphatic carbocycles.